The number of carbonyl (C=O) groups is 3. The molecule has 10 heteroatoms. The number of hydrogen-bond donors (Lipinski definition) is 0. The van der Waals surface area contributed by atoms with Gasteiger partial charge in [0.25, 0.3) is 11.1 Å². The molecule has 3 rings (SSSR count). The molecule has 1 fully saturated rings. The molecule has 0 unspecified atom stereocenters. The molecule has 1 aromatic carbocycles. The van der Waals surface area contributed by atoms with Crippen LogP contribution in [0.3, 0.4) is 0 Å². The van der Waals surface area contributed by atoms with E-state index in [4.69, 9.17) is 4.74 Å². The monoisotopic (exact) mass is 424 g/mol. The summed E-state index contributed by atoms with van der Waals surface area (Å²) in [6, 6.07) is 7.94. The second-order valence-electron chi connectivity index (χ2n) is 5.92. The Bertz CT molecular complexity index is 997. The lowest BCUT2D eigenvalue weighted by molar-refractivity contribution is -0.146. The first-order valence-corrected chi connectivity index (χ1v) is 9.28. The number of thioether (sulfide) groups is 1. The number of hydrogen-bond acceptors (Lipinski definition) is 5. The topological polar surface area (TPSA) is 68.6 Å². The van der Waals surface area contributed by atoms with E-state index in [0.717, 1.165) is 17.0 Å². The fraction of sp³-hybridized carbons (Fsp3) is 0.211. The van der Waals surface area contributed by atoms with Crippen molar-refractivity contribution in [2.24, 2.45) is 0 Å². The molecule has 1 aliphatic rings. The van der Waals surface area contributed by atoms with E-state index in [1.807, 2.05) is 0 Å². The summed E-state index contributed by atoms with van der Waals surface area (Å²) in [5.41, 5.74) is -0.141. The van der Waals surface area contributed by atoms with Gasteiger partial charge in [-0.25, -0.2) is 0 Å². The van der Waals surface area contributed by atoms with Gasteiger partial charge >= 0.3 is 12.1 Å². The number of benzene rings is 1. The zero-order valence-electron chi connectivity index (χ0n) is 15.1. The van der Waals surface area contributed by atoms with Crippen LogP contribution >= 0.6 is 11.8 Å². The van der Waals surface area contributed by atoms with E-state index in [9.17, 15) is 27.6 Å². The molecule has 29 heavy (non-hydrogen) atoms. The molecule has 0 N–H and O–H groups in total. The van der Waals surface area contributed by atoms with Crippen LogP contribution < -0.4 is 0 Å². The van der Waals surface area contributed by atoms with Gasteiger partial charge in [0.05, 0.1) is 17.1 Å². The lowest BCUT2D eigenvalue weighted by Crippen LogP contribution is -2.34. The van der Waals surface area contributed by atoms with Gasteiger partial charge in [0.2, 0.25) is 0 Å². The summed E-state index contributed by atoms with van der Waals surface area (Å²) < 4.78 is 45.2. The van der Waals surface area contributed by atoms with Crippen LogP contribution in [0.2, 0.25) is 0 Å². The Labute approximate surface area is 167 Å². The van der Waals surface area contributed by atoms with E-state index in [-0.39, 0.29) is 17.2 Å². The number of halogens is 3. The third-order valence-electron chi connectivity index (χ3n) is 3.98. The molecule has 0 saturated carbocycles. The number of carbonyl (C=O) groups excluding carboxylic acids is 3. The van der Waals surface area contributed by atoms with Crippen LogP contribution in [0.1, 0.15) is 18.2 Å². The van der Waals surface area contributed by atoms with E-state index < -0.39 is 35.4 Å². The molecular formula is C19H15F3N2O4S. The molecule has 6 nitrogen and oxygen atoms in total. The molecule has 0 radical (unpaired) electrons. The smallest absolute Gasteiger partial charge is 0.416 e. The van der Waals surface area contributed by atoms with Gasteiger partial charge in [-0.15, -0.1) is 0 Å². The number of imide groups is 1. The Kier molecular flexibility index (Phi) is 5.83. The number of aromatic nitrogens is 1. The zero-order valence-corrected chi connectivity index (χ0v) is 15.9. The molecule has 0 spiro atoms. The molecule has 1 aliphatic heterocycles. The van der Waals surface area contributed by atoms with Gasteiger partial charge in [-0.3, -0.25) is 19.3 Å². The minimum absolute atomic E-state index is 0.0613. The summed E-state index contributed by atoms with van der Waals surface area (Å²) in [7, 11) is 0. The molecular weight excluding hydrogens is 409 g/mol. The van der Waals surface area contributed by atoms with Crippen LogP contribution in [-0.4, -0.2) is 39.7 Å². The van der Waals surface area contributed by atoms with Gasteiger partial charge in [0.1, 0.15) is 6.54 Å². The Hall–Kier alpha value is -3.01. The van der Waals surface area contributed by atoms with Crippen LogP contribution in [-0.2, 0) is 20.5 Å². The molecule has 2 heterocycles. The molecule has 2 amide bonds. The molecule has 1 aromatic heterocycles. The molecule has 0 aliphatic carbocycles. The van der Waals surface area contributed by atoms with Crippen LogP contribution in [0, 0.1) is 0 Å². The predicted octanol–water partition coefficient (Wildman–Crippen LogP) is 4.10. The standard InChI is InChI=1S/C19H15F3N2O4S/c1-2-28-16(25)11-24-17(26)15(29-18(24)27)10-14-7-4-8-23(14)13-6-3-5-12(9-13)19(20,21)22/h3-10H,2,11H2,1H3/b15-10+. The van der Waals surface area contributed by atoms with Crippen molar-refractivity contribution in [2.75, 3.05) is 13.2 Å². The number of ether oxygens (including phenoxy) is 1. The van der Waals surface area contributed by atoms with Crippen molar-refractivity contribution < 1.29 is 32.3 Å². The van der Waals surface area contributed by atoms with Gasteiger partial charge < -0.3 is 9.30 Å². The summed E-state index contributed by atoms with van der Waals surface area (Å²) in [5, 5.41) is -0.619. The average Bonchev–Trinajstić information content (AvgIpc) is 3.22. The quantitative estimate of drug-likeness (QED) is 0.534. The summed E-state index contributed by atoms with van der Waals surface area (Å²) >= 11 is 0.649. The maximum absolute atomic E-state index is 13.0. The highest BCUT2D eigenvalue weighted by atomic mass is 32.2. The highest BCUT2D eigenvalue weighted by molar-refractivity contribution is 8.18. The predicted molar refractivity (Wildman–Crippen MR) is 100 cm³/mol. The van der Waals surface area contributed by atoms with Crippen molar-refractivity contribution >= 4 is 35.0 Å². The van der Waals surface area contributed by atoms with Crippen LogP contribution in [0.15, 0.2) is 47.5 Å². The lowest BCUT2D eigenvalue weighted by Gasteiger charge is -2.12. The van der Waals surface area contributed by atoms with E-state index in [0.29, 0.717) is 17.5 Å². The normalized spacial score (nSPS) is 16.0. The molecule has 0 atom stereocenters. The Morgan fingerprint density at radius 2 is 1.97 bits per heavy atom. The van der Waals surface area contributed by atoms with Crippen molar-refractivity contribution in [3.8, 4) is 5.69 Å². The SMILES string of the molecule is CCOC(=O)CN1C(=O)S/C(=C/c2cccn2-c2cccc(C(F)(F)F)c2)C1=O. The Balaban J connectivity index is 1.88. The zero-order chi connectivity index (χ0) is 21.2. The largest absolute Gasteiger partial charge is 0.465 e. The fourth-order valence-corrected chi connectivity index (χ4v) is 3.51. The number of esters is 1. The van der Waals surface area contributed by atoms with Crippen LogP contribution in [0.5, 0.6) is 0 Å². The second-order valence-corrected chi connectivity index (χ2v) is 6.92. The number of nitrogens with zero attached hydrogens (tertiary/aromatic N) is 2. The van der Waals surface area contributed by atoms with E-state index in [1.54, 1.807) is 25.3 Å². The van der Waals surface area contributed by atoms with Crippen molar-refractivity contribution in [2.45, 2.75) is 13.1 Å². The number of rotatable bonds is 5. The first kappa shape index (κ1) is 20.7. The third-order valence-corrected chi connectivity index (χ3v) is 4.88. The van der Waals surface area contributed by atoms with Gasteiger partial charge in [0.15, 0.2) is 0 Å². The van der Waals surface area contributed by atoms with Gasteiger partial charge in [0, 0.05) is 17.6 Å². The third kappa shape index (κ3) is 4.53. The van der Waals surface area contributed by atoms with Crippen molar-refractivity contribution in [1.82, 2.24) is 9.47 Å². The van der Waals surface area contributed by atoms with E-state index >= 15 is 0 Å². The lowest BCUT2D eigenvalue weighted by atomic mass is 10.2. The summed E-state index contributed by atoms with van der Waals surface area (Å²) in [6.45, 7) is 1.23. The number of amides is 2. The Morgan fingerprint density at radius 3 is 2.66 bits per heavy atom. The highest BCUT2D eigenvalue weighted by Gasteiger charge is 2.37. The summed E-state index contributed by atoms with van der Waals surface area (Å²) in [4.78, 5) is 36.9. The van der Waals surface area contributed by atoms with E-state index in [2.05, 4.69) is 0 Å². The average molecular weight is 424 g/mol. The minimum Gasteiger partial charge on any atom is -0.465 e. The van der Waals surface area contributed by atoms with Crippen LogP contribution in [0.4, 0.5) is 18.0 Å². The summed E-state index contributed by atoms with van der Waals surface area (Å²) in [6.07, 6.45) is -1.54. The van der Waals surface area contributed by atoms with Crippen molar-refractivity contribution in [3.05, 3.63) is 58.8 Å². The van der Waals surface area contributed by atoms with E-state index in [1.165, 1.54) is 22.8 Å². The van der Waals surface area contributed by atoms with Crippen molar-refractivity contribution in [3.63, 3.8) is 0 Å². The second kappa shape index (κ2) is 8.16. The molecule has 1 saturated heterocycles. The maximum Gasteiger partial charge on any atom is 0.416 e. The van der Waals surface area contributed by atoms with Crippen molar-refractivity contribution in [1.29, 1.82) is 0 Å². The maximum atomic E-state index is 13.0. The molecule has 2 aromatic rings. The van der Waals surface area contributed by atoms with Crippen LogP contribution in [0.25, 0.3) is 11.8 Å². The highest BCUT2D eigenvalue weighted by Crippen LogP contribution is 2.33. The van der Waals surface area contributed by atoms with Gasteiger partial charge in [-0.2, -0.15) is 13.2 Å². The number of alkyl halides is 3. The minimum atomic E-state index is -4.49. The first-order valence-electron chi connectivity index (χ1n) is 8.46. The summed E-state index contributed by atoms with van der Waals surface area (Å²) in [5.74, 6) is -1.37. The molecule has 152 valence electrons. The first-order chi connectivity index (χ1) is 13.7. The Morgan fingerprint density at radius 1 is 1.21 bits per heavy atom. The van der Waals surface area contributed by atoms with Gasteiger partial charge in [-0.05, 0) is 55.1 Å². The molecule has 0 bridgehead atoms. The van der Waals surface area contributed by atoms with Gasteiger partial charge in [-0.1, -0.05) is 6.07 Å². The fourth-order valence-electron chi connectivity index (χ4n) is 2.69.